The van der Waals surface area contributed by atoms with Crippen LogP contribution in [0.4, 0.5) is 0 Å². The van der Waals surface area contributed by atoms with E-state index in [4.69, 9.17) is 18.9 Å². The van der Waals surface area contributed by atoms with Crippen molar-refractivity contribution in [3.05, 3.63) is 0 Å². The van der Waals surface area contributed by atoms with E-state index in [0.29, 0.717) is 33.0 Å². The van der Waals surface area contributed by atoms with Crippen LogP contribution in [0.15, 0.2) is 0 Å². The van der Waals surface area contributed by atoms with E-state index in [9.17, 15) is 4.79 Å². The molecule has 0 heterocycles. The number of ether oxygens (including phenoxy) is 4. The van der Waals surface area contributed by atoms with Crippen LogP contribution >= 0.6 is 0 Å². The highest BCUT2D eigenvalue weighted by molar-refractivity contribution is 5.80. The van der Waals surface area contributed by atoms with Gasteiger partial charge in [0.05, 0.1) is 40.1 Å². The minimum absolute atomic E-state index is 0.251. The van der Waals surface area contributed by atoms with Crippen LogP contribution in [0.5, 0.6) is 0 Å². The Morgan fingerprint density at radius 2 is 1.72 bits per heavy atom. The summed E-state index contributed by atoms with van der Waals surface area (Å²) in [6, 6.07) is 0. The molecule has 0 aliphatic carbocycles. The Bertz CT molecular complexity index is 225. The molecule has 0 aromatic heterocycles. The number of nitrogens with one attached hydrogen (secondary N) is 1. The largest absolute Gasteiger partial charge is 0.468 e. The molecule has 0 rings (SSSR count). The summed E-state index contributed by atoms with van der Waals surface area (Å²) in [4.78, 5) is 11.6. The molecule has 0 spiro atoms. The van der Waals surface area contributed by atoms with Gasteiger partial charge in [-0.25, -0.2) is 4.79 Å². The molecular weight excluding hydrogens is 238 g/mol. The zero-order valence-corrected chi connectivity index (χ0v) is 11.8. The van der Waals surface area contributed by atoms with Gasteiger partial charge in [-0.2, -0.15) is 0 Å². The third-order valence-corrected chi connectivity index (χ3v) is 2.40. The van der Waals surface area contributed by atoms with Crippen LogP contribution in [0.1, 0.15) is 13.8 Å². The number of methoxy groups -OCH3 is 2. The predicted octanol–water partition coefficient (Wildman–Crippen LogP) is 0.207. The summed E-state index contributed by atoms with van der Waals surface area (Å²) in [5.74, 6) is -0.329. The normalized spacial score (nSPS) is 14.2. The lowest BCUT2D eigenvalue weighted by atomic mass is 10.0. The predicted molar refractivity (Wildman–Crippen MR) is 67.6 cm³/mol. The van der Waals surface area contributed by atoms with Gasteiger partial charge in [-0.3, -0.25) is 0 Å². The number of rotatable bonds is 11. The molecular formula is C12H25NO5. The van der Waals surface area contributed by atoms with Crippen molar-refractivity contribution in [3.8, 4) is 0 Å². The Labute approximate surface area is 109 Å². The van der Waals surface area contributed by atoms with Gasteiger partial charge in [0.25, 0.3) is 0 Å². The average molecular weight is 263 g/mol. The molecule has 18 heavy (non-hydrogen) atoms. The van der Waals surface area contributed by atoms with Gasteiger partial charge in [-0.1, -0.05) is 6.92 Å². The van der Waals surface area contributed by atoms with E-state index < -0.39 is 5.54 Å². The van der Waals surface area contributed by atoms with E-state index in [1.165, 1.54) is 7.11 Å². The smallest absolute Gasteiger partial charge is 0.328 e. The fraction of sp³-hybridized carbons (Fsp3) is 0.917. The highest BCUT2D eigenvalue weighted by Gasteiger charge is 2.33. The Hall–Kier alpha value is -0.690. The Morgan fingerprint density at radius 3 is 2.28 bits per heavy atom. The number of carbonyl (C=O) groups is 1. The minimum atomic E-state index is -0.809. The van der Waals surface area contributed by atoms with Crippen LogP contribution in [0.2, 0.25) is 0 Å². The highest BCUT2D eigenvalue weighted by atomic mass is 16.5. The number of hydrogen-bond donors (Lipinski definition) is 1. The molecule has 0 saturated heterocycles. The van der Waals surface area contributed by atoms with Gasteiger partial charge >= 0.3 is 5.97 Å². The first-order valence-corrected chi connectivity index (χ1v) is 6.08. The second-order valence-corrected chi connectivity index (χ2v) is 4.01. The average Bonchev–Trinajstić information content (AvgIpc) is 2.37. The summed E-state index contributed by atoms with van der Waals surface area (Å²) in [5.41, 5.74) is -0.809. The fourth-order valence-corrected chi connectivity index (χ4v) is 1.44. The number of carbonyl (C=O) groups excluding carboxylic acids is 1. The van der Waals surface area contributed by atoms with Crippen molar-refractivity contribution in [2.75, 3.05) is 53.8 Å². The number of likely N-dealkylation sites (N-methyl/N-ethyl adjacent to an activating group) is 1. The molecule has 1 N–H and O–H groups in total. The van der Waals surface area contributed by atoms with Crippen LogP contribution in [0, 0.1) is 0 Å². The summed E-state index contributed by atoms with van der Waals surface area (Å²) in [5, 5.41) is 3.06. The molecule has 0 amide bonds. The van der Waals surface area contributed by atoms with Gasteiger partial charge in [-0.15, -0.1) is 0 Å². The van der Waals surface area contributed by atoms with Crippen LogP contribution < -0.4 is 5.32 Å². The lowest BCUT2D eigenvalue weighted by Gasteiger charge is -2.27. The molecule has 0 aliphatic heterocycles. The molecule has 0 aliphatic rings. The van der Waals surface area contributed by atoms with E-state index in [2.05, 4.69) is 5.32 Å². The van der Waals surface area contributed by atoms with Crippen molar-refractivity contribution in [2.24, 2.45) is 0 Å². The molecule has 0 saturated carbocycles. The Balaban J connectivity index is 3.80. The van der Waals surface area contributed by atoms with Crippen LogP contribution in [0.25, 0.3) is 0 Å². The quantitative estimate of drug-likeness (QED) is 0.424. The third-order valence-electron chi connectivity index (χ3n) is 2.40. The maximum absolute atomic E-state index is 11.6. The van der Waals surface area contributed by atoms with E-state index >= 15 is 0 Å². The van der Waals surface area contributed by atoms with Crippen molar-refractivity contribution in [2.45, 2.75) is 19.4 Å². The molecule has 0 fully saturated rings. The molecule has 6 nitrogen and oxygen atoms in total. The standard InChI is InChI=1S/C12H25NO5/c1-5-13-12(2,11(14)16-4)10-18-9-8-17-7-6-15-3/h13H,5-10H2,1-4H3. The SMILES string of the molecule is CCNC(C)(COCCOCCOC)C(=O)OC. The molecule has 0 bridgehead atoms. The van der Waals surface area contributed by atoms with Crippen molar-refractivity contribution >= 4 is 5.97 Å². The molecule has 0 radical (unpaired) electrons. The van der Waals surface area contributed by atoms with E-state index in [-0.39, 0.29) is 12.6 Å². The summed E-state index contributed by atoms with van der Waals surface area (Å²) >= 11 is 0. The van der Waals surface area contributed by atoms with Crippen molar-refractivity contribution < 1.29 is 23.7 Å². The fourth-order valence-electron chi connectivity index (χ4n) is 1.44. The first-order valence-electron chi connectivity index (χ1n) is 6.08. The molecule has 1 atom stereocenters. The van der Waals surface area contributed by atoms with Gasteiger partial charge in [0, 0.05) is 7.11 Å². The van der Waals surface area contributed by atoms with Crippen LogP contribution in [-0.2, 0) is 23.7 Å². The molecule has 0 aromatic carbocycles. The number of esters is 1. The van der Waals surface area contributed by atoms with Gasteiger partial charge < -0.3 is 24.3 Å². The Morgan fingerprint density at radius 1 is 1.11 bits per heavy atom. The minimum Gasteiger partial charge on any atom is -0.468 e. The topological polar surface area (TPSA) is 66.0 Å². The zero-order valence-electron chi connectivity index (χ0n) is 11.8. The maximum atomic E-state index is 11.6. The van der Waals surface area contributed by atoms with Crippen LogP contribution in [0.3, 0.4) is 0 Å². The summed E-state index contributed by atoms with van der Waals surface area (Å²) in [7, 11) is 2.99. The van der Waals surface area contributed by atoms with Gasteiger partial charge in [-0.05, 0) is 13.5 Å². The highest BCUT2D eigenvalue weighted by Crippen LogP contribution is 2.07. The zero-order chi connectivity index (χ0) is 13.9. The molecule has 1 unspecified atom stereocenters. The van der Waals surface area contributed by atoms with Gasteiger partial charge in [0.1, 0.15) is 5.54 Å². The third kappa shape index (κ3) is 6.90. The van der Waals surface area contributed by atoms with E-state index in [0.717, 1.165) is 0 Å². The Kier molecular flexibility index (Phi) is 9.86. The van der Waals surface area contributed by atoms with Crippen LogP contribution in [-0.4, -0.2) is 65.3 Å². The summed E-state index contributed by atoms with van der Waals surface area (Å²) in [6.07, 6.45) is 0. The molecule has 0 aromatic rings. The van der Waals surface area contributed by atoms with E-state index in [1.807, 2.05) is 6.92 Å². The second-order valence-electron chi connectivity index (χ2n) is 4.01. The first kappa shape index (κ1) is 17.3. The number of hydrogen-bond acceptors (Lipinski definition) is 6. The summed E-state index contributed by atoms with van der Waals surface area (Å²) < 4.78 is 20.3. The van der Waals surface area contributed by atoms with Crippen molar-refractivity contribution in [1.29, 1.82) is 0 Å². The van der Waals surface area contributed by atoms with Crippen molar-refractivity contribution in [3.63, 3.8) is 0 Å². The van der Waals surface area contributed by atoms with E-state index in [1.54, 1.807) is 14.0 Å². The molecule has 6 heteroatoms. The van der Waals surface area contributed by atoms with Gasteiger partial charge in [0.15, 0.2) is 0 Å². The lowest BCUT2D eigenvalue weighted by Crippen LogP contribution is -2.53. The monoisotopic (exact) mass is 263 g/mol. The lowest BCUT2D eigenvalue weighted by molar-refractivity contribution is -0.150. The maximum Gasteiger partial charge on any atom is 0.328 e. The first-order chi connectivity index (χ1) is 8.60. The molecule has 108 valence electrons. The van der Waals surface area contributed by atoms with Gasteiger partial charge in [0.2, 0.25) is 0 Å². The second kappa shape index (κ2) is 10.3. The van der Waals surface area contributed by atoms with Crippen molar-refractivity contribution in [1.82, 2.24) is 5.32 Å². The summed E-state index contributed by atoms with van der Waals surface area (Å²) in [6.45, 7) is 6.62.